The van der Waals surface area contributed by atoms with Gasteiger partial charge in [0.1, 0.15) is 12.1 Å². The highest BCUT2D eigenvalue weighted by atomic mass is 16.3. The Bertz CT molecular complexity index is 445. The van der Waals surface area contributed by atoms with Crippen LogP contribution in [-0.4, -0.2) is 41.0 Å². The van der Waals surface area contributed by atoms with Gasteiger partial charge in [-0.15, -0.1) is 0 Å². The van der Waals surface area contributed by atoms with Gasteiger partial charge >= 0.3 is 0 Å². The van der Waals surface area contributed by atoms with Gasteiger partial charge in [-0.05, 0) is 12.5 Å². The van der Waals surface area contributed by atoms with Crippen molar-refractivity contribution in [2.24, 2.45) is 0 Å². The van der Waals surface area contributed by atoms with Crippen LogP contribution in [0, 0.1) is 0 Å². The fraction of sp³-hybridized carbons (Fsp3) is 0.385. The summed E-state index contributed by atoms with van der Waals surface area (Å²) < 4.78 is 0. The van der Waals surface area contributed by atoms with Crippen LogP contribution in [-0.2, 0) is 9.59 Å². The number of amides is 2. The summed E-state index contributed by atoms with van der Waals surface area (Å²) in [6.45, 7) is 2.24. The fourth-order valence-corrected chi connectivity index (χ4v) is 2.11. The van der Waals surface area contributed by atoms with E-state index >= 15 is 0 Å². The third-order valence-corrected chi connectivity index (χ3v) is 2.97. The second-order valence-corrected chi connectivity index (χ2v) is 4.31. The zero-order valence-electron chi connectivity index (χ0n) is 10.2. The van der Waals surface area contributed by atoms with E-state index in [0.717, 1.165) is 5.56 Å². The predicted molar refractivity (Wildman–Crippen MR) is 65.6 cm³/mol. The van der Waals surface area contributed by atoms with Gasteiger partial charge in [-0.1, -0.05) is 30.3 Å². The van der Waals surface area contributed by atoms with Crippen LogP contribution < -0.4 is 5.32 Å². The maximum absolute atomic E-state index is 11.9. The van der Waals surface area contributed by atoms with Gasteiger partial charge in [0.2, 0.25) is 5.91 Å². The summed E-state index contributed by atoms with van der Waals surface area (Å²) in [5.41, 5.74) is 0.753. The molecule has 2 amide bonds. The number of nitrogens with one attached hydrogen (secondary N) is 1. The van der Waals surface area contributed by atoms with Gasteiger partial charge in [0.25, 0.3) is 5.91 Å². The molecule has 0 saturated carbocycles. The standard InChI is InChI=1S/C13H16N2O3/c1-9(16)13(18)15-8-7-14-12(17)11(15)10-5-3-2-4-6-10/h2-6,9,11,16H,7-8H2,1H3,(H,14,17). The number of carbonyl (C=O) groups is 2. The third-order valence-electron chi connectivity index (χ3n) is 2.97. The van der Waals surface area contributed by atoms with Gasteiger partial charge in [-0.25, -0.2) is 0 Å². The zero-order valence-corrected chi connectivity index (χ0v) is 10.2. The zero-order chi connectivity index (χ0) is 13.1. The van der Waals surface area contributed by atoms with E-state index < -0.39 is 18.1 Å². The van der Waals surface area contributed by atoms with Gasteiger partial charge in [0.15, 0.2) is 0 Å². The molecule has 1 aromatic rings. The summed E-state index contributed by atoms with van der Waals surface area (Å²) in [5, 5.41) is 12.1. The van der Waals surface area contributed by atoms with Crippen LogP contribution in [0.1, 0.15) is 18.5 Å². The lowest BCUT2D eigenvalue weighted by atomic mass is 10.0. The molecule has 5 heteroatoms. The molecule has 2 atom stereocenters. The van der Waals surface area contributed by atoms with Crippen LogP contribution in [0.4, 0.5) is 0 Å². The van der Waals surface area contributed by atoms with Gasteiger partial charge < -0.3 is 15.3 Å². The Kier molecular flexibility index (Phi) is 3.62. The Morgan fingerprint density at radius 1 is 1.44 bits per heavy atom. The third kappa shape index (κ3) is 2.36. The molecule has 96 valence electrons. The maximum atomic E-state index is 11.9. The van der Waals surface area contributed by atoms with Crippen LogP contribution in [0.5, 0.6) is 0 Å². The largest absolute Gasteiger partial charge is 0.384 e. The van der Waals surface area contributed by atoms with Crippen LogP contribution in [0.15, 0.2) is 30.3 Å². The molecular formula is C13H16N2O3. The van der Waals surface area contributed by atoms with Crippen molar-refractivity contribution in [3.63, 3.8) is 0 Å². The van der Waals surface area contributed by atoms with Crippen LogP contribution in [0.25, 0.3) is 0 Å². The molecule has 0 aromatic heterocycles. The number of carbonyl (C=O) groups excluding carboxylic acids is 2. The molecule has 1 aromatic carbocycles. The van der Waals surface area contributed by atoms with E-state index in [9.17, 15) is 14.7 Å². The molecule has 5 nitrogen and oxygen atoms in total. The first-order valence-electron chi connectivity index (χ1n) is 5.92. The number of piperazine rings is 1. The highest BCUT2D eigenvalue weighted by Crippen LogP contribution is 2.23. The van der Waals surface area contributed by atoms with Crippen LogP contribution in [0.3, 0.4) is 0 Å². The monoisotopic (exact) mass is 248 g/mol. The molecular weight excluding hydrogens is 232 g/mol. The first-order chi connectivity index (χ1) is 8.61. The Labute approximate surface area is 105 Å². The lowest BCUT2D eigenvalue weighted by Gasteiger charge is -2.36. The number of hydrogen-bond donors (Lipinski definition) is 2. The Hall–Kier alpha value is -1.88. The summed E-state index contributed by atoms with van der Waals surface area (Å²) in [4.78, 5) is 25.3. The quantitative estimate of drug-likeness (QED) is 0.778. The second-order valence-electron chi connectivity index (χ2n) is 4.31. The normalized spacial score (nSPS) is 21.3. The number of hydrogen-bond acceptors (Lipinski definition) is 3. The van der Waals surface area contributed by atoms with Crippen molar-refractivity contribution < 1.29 is 14.7 Å². The number of aliphatic hydroxyl groups excluding tert-OH is 1. The molecule has 0 bridgehead atoms. The van der Waals surface area contributed by atoms with Crippen molar-refractivity contribution in [1.29, 1.82) is 0 Å². The maximum Gasteiger partial charge on any atom is 0.252 e. The summed E-state index contributed by atoms with van der Waals surface area (Å²) in [5.74, 6) is -0.625. The van der Waals surface area contributed by atoms with E-state index in [2.05, 4.69) is 5.32 Å². The Balaban J connectivity index is 2.32. The smallest absolute Gasteiger partial charge is 0.252 e. The van der Waals surface area contributed by atoms with E-state index in [1.807, 2.05) is 18.2 Å². The number of nitrogens with zero attached hydrogens (tertiary/aromatic N) is 1. The molecule has 0 radical (unpaired) electrons. The topological polar surface area (TPSA) is 69.6 Å². The van der Waals surface area contributed by atoms with E-state index in [0.29, 0.717) is 13.1 Å². The predicted octanol–water partition coefficient (Wildman–Crippen LogP) is 0.0669. The van der Waals surface area contributed by atoms with Crippen LogP contribution in [0.2, 0.25) is 0 Å². The second kappa shape index (κ2) is 5.18. The molecule has 1 heterocycles. The van der Waals surface area contributed by atoms with E-state index in [-0.39, 0.29) is 5.91 Å². The van der Waals surface area contributed by atoms with E-state index in [1.54, 1.807) is 12.1 Å². The van der Waals surface area contributed by atoms with Crippen molar-refractivity contribution in [2.75, 3.05) is 13.1 Å². The fourth-order valence-electron chi connectivity index (χ4n) is 2.11. The van der Waals surface area contributed by atoms with E-state index in [1.165, 1.54) is 11.8 Å². The molecule has 1 aliphatic rings. The van der Waals surface area contributed by atoms with Crippen molar-refractivity contribution in [2.45, 2.75) is 19.1 Å². The lowest BCUT2D eigenvalue weighted by molar-refractivity contribution is -0.149. The average molecular weight is 248 g/mol. The Morgan fingerprint density at radius 3 is 2.72 bits per heavy atom. The molecule has 0 spiro atoms. The van der Waals surface area contributed by atoms with Gasteiger partial charge in [0.05, 0.1) is 0 Å². The highest BCUT2D eigenvalue weighted by Gasteiger charge is 2.35. The Morgan fingerprint density at radius 2 is 2.11 bits per heavy atom. The van der Waals surface area contributed by atoms with Gasteiger partial charge in [-0.2, -0.15) is 0 Å². The first-order valence-corrected chi connectivity index (χ1v) is 5.92. The van der Waals surface area contributed by atoms with Crippen molar-refractivity contribution in [3.8, 4) is 0 Å². The highest BCUT2D eigenvalue weighted by molar-refractivity contribution is 5.91. The molecule has 0 aliphatic carbocycles. The van der Waals surface area contributed by atoms with E-state index in [4.69, 9.17) is 0 Å². The minimum Gasteiger partial charge on any atom is -0.384 e. The van der Waals surface area contributed by atoms with Crippen molar-refractivity contribution >= 4 is 11.8 Å². The first kappa shape index (κ1) is 12.6. The summed E-state index contributed by atoms with van der Waals surface area (Å²) >= 11 is 0. The molecule has 2 unspecified atom stereocenters. The SMILES string of the molecule is CC(O)C(=O)N1CCNC(=O)C1c1ccccc1. The van der Waals surface area contributed by atoms with Crippen molar-refractivity contribution in [1.82, 2.24) is 10.2 Å². The number of rotatable bonds is 2. The van der Waals surface area contributed by atoms with Gasteiger partial charge in [-0.3, -0.25) is 9.59 Å². The van der Waals surface area contributed by atoms with Crippen molar-refractivity contribution in [3.05, 3.63) is 35.9 Å². The molecule has 2 N–H and O–H groups in total. The van der Waals surface area contributed by atoms with Crippen LogP contribution >= 0.6 is 0 Å². The summed E-state index contributed by atoms with van der Waals surface area (Å²) in [7, 11) is 0. The van der Waals surface area contributed by atoms with Gasteiger partial charge in [0, 0.05) is 13.1 Å². The minimum absolute atomic E-state index is 0.207. The summed E-state index contributed by atoms with van der Waals surface area (Å²) in [6, 6.07) is 8.45. The molecule has 2 rings (SSSR count). The molecule has 1 aliphatic heterocycles. The minimum atomic E-state index is -1.10. The molecule has 1 saturated heterocycles. The number of aliphatic hydroxyl groups is 1. The average Bonchev–Trinajstić information content (AvgIpc) is 2.38. The molecule has 1 fully saturated rings. The number of benzene rings is 1. The lowest BCUT2D eigenvalue weighted by Crippen LogP contribution is -2.54. The summed E-state index contributed by atoms with van der Waals surface area (Å²) in [6.07, 6.45) is -1.10. The molecule has 18 heavy (non-hydrogen) atoms.